The summed E-state index contributed by atoms with van der Waals surface area (Å²) in [4.78, 5) is 28.6. The highest BCUT2D eigenvalue weighted by Gasteiger charge is 2.12. The number of rotatable bonds is 5. The van der Waals surface area contributed by atoms with Crippen LogP contribution >= 0.6 is 15.9 Å². The fourth-order valence-corrected chi connectivity index (χ4v) is 3.66. The Morgan fingerprint density at radius 3 is 2.74 bits per heavy atom. The van der Waals surface area contributed by atoms with Gasteiger partial charge in [0.1, 0.15) is 17.3 Å². The number of aryl methyl sites for hydroxylation is 2. The third-order valence-electron chi connectivity index (χ3n) is 4.86. The van der Waals surface area contributed by atoms with Crippen molar-refractivity contribution < 1.29 is 14.3 Å². The van der Waals surface area contributed by atoms with Crippen molar-refractivity contribution in [2.75, 3.05) is 0 Å². The topological polar surface area (TPSA) is 97.7 Å². The first kappa shape index (κ1) is 20.7. The molecule has 0 radical (unpaired) electrons. The Morgan fingerprint density at radius 2 is 2.03 bits per heavy atom. The van der Waals surface area contributed by atoms with Crippen LogP contribution in [0.4, 0.5) is 0 Å². The molecule has 1 N–H and O–H groups in total. The summed E-state index contributed by atoms with van der Waals surface area (Å²) in [5.74, 6) is 0.609. The predicted molar refractivity (Wildman–Crippen MR) is 122 cm³/mol. The normalized spacial score (nSPS) is 11.5. The number of benzene rings is 2. The van der Waals surface area contributed by atoms with E-state index in [1.807, 2.05) is 19.9 Å². The van der Waals surface area contributed by atoms with E-state index < -0.39 is 5.97 Å². The first-order valence-electron chi connectivity index (χ1n) is 9.57. The maximum atomic E-state index is 12.9. The highest BCUT2D eigenvalue weighted by atomic mass is 79.9. The number of nitrogens with zero attached hydrogens (tertiary/aromatic N) is 3. The molecule has 8 heteroatoms. The monoisotopic (exact) mass is 479 g/mol. The zero-order chi connectivity index (χ0) is 22.1. The zero-order valence-electron chi connectivity index (χ0n) is 16.8. The molecule has 0 aliphatic rings. The summed E-state index contributed by atoms with van der Waals surface area (Å²) in [6, 6.07) is 13.7. The average Bonchev–Trinajstić information content (AvgIpc) is 3.21. The first-order valence-corrected chi connectivity index (χ1v) is 10.4. The largest absolute Gasteiger partial charge is 0.478 e. The van der Waals surface area contributed by atoms with Crippen molar-refractivity contribution in [1.29, 1.82) is 0 Å². The lowest BCUT2D eigenvalue weighted by atomic mass is 10.0. The molecule has 2 heterocycles. The Balaban J connectivity index is 1.70. The average molecular weight is 480 g/mol. The van der Waals surface area contributed by atoms with E-state index in [2.05, 4.69) is 26.0 Å². The van der Waals surface area contributed by atoms with Crippen LogP contribution in [0.3, 0.4) is 0 Å². The molecule has 0 saturated heterocycles. The molecule has 0 spiro atoms. The van der Waals surface area contributed by atoms with Crippen LogP contribution in [0.25, 0.3) is 22.2 Å². The van der Waals surface area contributed by atoms with Gasteiger partial charge in [-0.15, -0.1) is 0 Å². The Labute approximate surface area is 185 Å². The minimum atomic E-state index is -0.977. The van der Waals surface area contributed by atoms with Gasteiger partial charge in [-0.2, -0.15) is 9.78 Å². The van der Waals surface area contributed by atoms with Crippen LogP contribution in [-0.4, -0.2) is 27.0 Å². The molecule has 0 fully saturated rings. The zero-order valence-corrected chi connectivity index (χ0v) is 18.4. The number of hydrogen-bond donors (Lipinski definition) is 1. The third-order valence-corrected chi connectivity index (χ3v) is 5.35. The summed E-state index contributed by atoms with van der Waals surface area (Å²) in [5.41, 5.74) is 2.15. The van der Waals surface area contributed by atoms with E-state index in [-0.39, 0.29) is 11.1 Å². The van der Waals surface area contributed by atoms with Crippen LogP contribution in [0, 0.1) is 6.92 Å². The molecule has 0 bridgehead atoms. The van der Waals surface area contributed by atoms with E-state index in [9.17, 15) is 9.59 Å². The molecule has 0 amide bonds. The van der Waals surface area contributed by atoms with Crippen LogP contribution in [-0.2, 0) is 6.42 Å². The van der Waals surface area contributed by atoms with Crippen molar-refractivity contribution >= 4 is 39.0 Å². The van der Waals surface area contributed by atoms with E-state index in [1.54, 1.807) is 36.4 Å². The van der Waals surface area contributed by atoms with Gasteiger partial charge in [-0.05, 0) is 55.0 Å². The second-order valence-electron chi connectivity index (χ2n) is 6.94. The van der Waals surface area contributed by atoms with Gasteiger partial charge in [0.2, 0.25) is 0 Å². The number of furan rings is 1. The van der Waals surface area contributed by atoms with Gasteiger partial charge in [-0.25, -0.2) is 9.78 Å². The van der Waals surface area contributed by atoms with Gasteiger partial charge >= 0.3 is 5.97 Å². The number of carboxylic acids is 1. The van der Waals surface area contributed by atoms with E-state index in [0.717, 1.165) is 15.6 Å². The van der Waals surface area contributed by atoms with Crippen molar-refractivity contribution in [1.82, 2.24) is 9.66 Å². The molecule has 7 nitrogen and oxygen atoms in total. The fourth-order valence-electron chi connectivity index (χ4n) is 3.30. The second-order valence-corrected chi connectivity index (χ2v) is 7.86. The molecule has 0 unspecified atom stereocenters. The maximum Gasteiger partial charge on any atom is 0.335 e. The summed E-state index contributed by atoms with van der Waals surface area (Å²) in [7, 11) is 0. The van der Waals surface area contributed by atoms with Crippen LogP contribution in [0.5, 0.6) is 0 Å². The minimum absolute atomic E-state index is 0.219. The molecule has 4 aromatic rings. The van der Waals surface area contributed by atoms with Gasteiger partial charge in [0, 0.05) is 16.5 Å². The molecule has 0 aliphatic heterocycles. The van der Waals surface area contributed by atoms with Crippen molar-refractivity contribution in [3.8, 4) is 11.3 Å². The van der Waals surface area contributed by atoms with Crippen LogP contribution < -0.4 is 5.56 Å². The molecule has 0 atom stereocenters. The first-order chi connectivity index (χ1) is 14.9. The van der Waals surface area contributed by atoms with Crippen LogP contribution in [0.2, 0.25) is 0 Å². The Morgan fingerprint density at radius 1 is 1.23 bits per heavy atom. The number of halogens is 1. The summed E-state index contributed by atoms with van der Waals surface area (Å²) in [6.07, 6.45) is 2.01. The summed E-state index contributed by atoms with van der Waals surface area (Å²) < 4.78 is 7.92. The summed E-state index contributed by atoms with van der Waals surface area (Å²) >= 11 is 3.38. The number of carbonyl (C=O) groups is 1. The van der Waals surface area contributed by atoms with Gasteiger partial charge in [-0.3, -0.25) is 4.79 Å². The minimum Gasteiger partial charge on any atom is -0.478 e. The Hall–Kier alpha value is -3.52. The molecule has 4 rings (SSSR count). The van der Waals surface area contributed by atoms with Crippen LogP contribution in [0.1, 0.15) is 34.4 Å². The summed E-state index contributed by atoms with van der Waals surface area (Å²) in [6.45, 7) is 3.73. The van der Waals surface area contributed by atoms with Gasteiger partial charge in [0.05, 0.1) is 22.7 Å². The number of fused-ring (bicyclic) bond motifs is 1. The van der Waals surface area contributed by atoms with Gasteiger partial charge in [0.15, 0.2) is 0 Å². The second kappa shape index (κ2) is 8.31. The number of carboxylic acid groups (broad SMARTS) is 1. The Bertz CT molecular complexity index is 1400. The number of aromatic nitrogens is 2. The molecule has 0 aliphatic carbocycles. The predicted octanol–water partition coefficient (Wildman–Crippen LogP) is 4.87. The SMILES string of the molecule is CCc1nc2ccc(Br)cc2c(=O)n1N=Cc1ccc(-c2ccc(C(=O)O)cc2C)o1. The third kappa shape index (κ3) is 4.06. The van der Waals surface area contributed by atoms with Gasteiger partial charge in [-0.1, -0.05) is 28.9 Å². The van der Waals surface area contributed by atoms with E-state index >= 15 is 0 Å². The number of aromatic carboxylic acids is 1. The smallest absolute Gasteiger partial charge is 0.335 e. The standard InChI is InChI=1S/C23H18BrN3O4/c1-3-21-26-19-8-5-15(24)11-18(19)22(28)27(21)25-12-16-6-9-20(31-16)17-7-4-14(23(29)30)10-13(17)2/h4-12H,3H2,1-2H3,(H,29,30). The van der Waals surface area contributed by atoms with E-state index in [1.165, 1.54) is 17.0 Å². The summed E-state index contributed by atoms with van der Waals surface area (Å²) in [5, 5.41) is 13.9. The van der Waals surface area contributed by atoms with E-state index in [0.29, 0.717) is 34.7 Å². The Kier molecular flexibility index (Phi) is 5.56. The van der Waals surface area contributed by atoms with Gasteiger partial charge < -0.3 is 9.52 Å². The van der Waals surface area contributed by atoms with Crippen molar-refractivity contribution in [3.63, 3.8) is 0 Å². The molecule has 0 saturated carbocycles. The molecular weight excluding hydrogens is 462 g/mol. The van der Waals surface area contributed by atoms with E-state index in [4.69, 9.17) is 9.52 Å². The van der Waals surface area contributed by atoms with Crippen molar-refractivity contribution in [3.05, 3.63) is 86.1 Å². The molecule has 2 aromatic carbocycles. The van der Waals surface area contributed by atoms with Crippen LogP contribution in [0.15, 0.2) is 67.3 Å². The highest BCUT2D eigenvalue weighted by Crippen LogP contribution is 2.26. The number of hydrogen-bond acceptors (Lipinski definition) is 5. The molecule has 31 heavy (non-hydrogen) atoms. The fraction of sp³-hybridized carbons (Fsp3) is 0.130. The van der Waals surface area contributed by atoms with Gasteiger partial charge in [0.25, 0.3) is 5.56 Å². The van der Waals surface area contributed by atoms with Crippen molar-refractivity contribution in [2.45, 2.75) is 20.3 Å². The molecular formula is C23H18BrN3O4. The lowest BCUT2D eigenvalue weighted by Gasteiger charge is -2.07. The maximum absolute atomic E-state index is 12.9. The van der Waals surface area contributed by atoms with Crippen molar-refractivity contribution in [2.24, 2.45) is 5.10 Å². The molecule has 2 aromatic heterocycles. The lowest BCUT2D eigenvalue weighted by Crippen LogP contribution is -2.22. The molecule has 156 valence electrons. The highest BCUT2D eigenvalue weighted by molar-refractivity contribution is 9.10. The lowest BCUT2D eigenvalue weighted by molar-refractivity contribution is 0.0697. The quantitative estimate of drug-likeness (QED) is 0.411.